The van der Waals surface area contributed by atoms with Crippen LogP contribution in [0.4, 0.5) is 5.69 Å². The van der Waals surface area contributed by atoms with E-state index in [1.54, 1.807) is 48.5 Å². The van der Waals surface area contributed by atoms with E-state index in [1.807, 2.05) is 43.3 Å². The van der Waals surface area contributed by atoms with Crippen molar-refractivity contribution in [2.45, 2.75) is 30.8 Å². The molecule has 0 spiro atoms. The number of benzene rings is 4. The van der Waals surface area contributed by atoms with Crippen molar-refractivity contribution in [3.05, 3.63) is 126 Å². The molecule has 0 fully saturated rings. The van der Waals surface area contributed by atoms with Gasteiger partial charge >= 0.3 is 13.6 Å². The first-order valence-electron chi connectivity index (χ1n) is 14.0. The molecule has 4 aromatic carbocycles. The van der Waals surface area contributed by atoms with E-state index in [9.17, 15) is 22.6 Å². The lowest BCUT2D eigenvalue weighted by Crippen LogP contribution is -2.47. The Kier molecular flexibility index (Phi) is 11.5. The third-order valence-corrected chi connectivity index (χ3v) is 9.64. The van der Waals surface area contributed by atoms with E-state index >= 15 is 0 Å². The molecule has 0 aromatic heterocycles. The highest BCUT2D eigenvalue weighted by Crippen LogP contribution is 2.43. The fourth-order valence-electron chi connectivity index (χ4n) is 4.19. The number of para-hydroxylation sites is 2. The molecule has 0 heterocycles. The van der Waals surface area contributed by atoms with E-state index in [2.05, 4.69) is 25.0 Å². The minimum absolute atomic E-state index is 0.0383. The molecule has 0 aliphatic heterocycles. The summed E-state index contributed by atoms with van der Waals surface area (Å²) < 4.78 is 54.2. The Balaban J connectivity index is 1.66. The molecule has 11 nitrogen and oxygen atoms in total. The summed E-state index contributed by atoms with van der Waals surface area (Å²) in [5.41, 5.74) is 2.47. The highest BCUT2D eigenvalue weighted by molar-refractivity contribution is 7.92. The number of hydrogen-bond donors (Lipinski definition) is 4. The molecule has 0 saturated heterocycles. The quantitative estimate of drug-likeness (QED) is 0.107. The van der Waals surface area contributed by atoms with Gasteiger partial charge in [-0.25, -0.2) is 23.2 Å². The van der Waals surface area contributed by atoms with E-state index in [0.29, 0.717) is 0 Å². The van der Waals surface area contributed by atoms with Crippen molar-refractivity contribution in [2.24, 2.45) is 0 Å². The van der Waals surface area contributed by atoms with E-state index in [1.165, 1.54) is 31.4 Å². The van der Waals surface area contributed by atoms with E-state index in [0.717, 1.165) is 16.7 Å². The summed E-state index contributed by atoms with van der Waals surface area (Å²) in [6.45, 7) is 1.54. The fraction of sp³-hybridized carbons (Fsp3) is 0.188. The highest BCUT2D eigenvalue weighted by Gasteiger charge is 2.33. The molecule has 2 unspecified atom stereocenters. The van der Waals surface area contributed by atoms with Gasteiger partial charge in [0.05, 0.1) is 17.7 Å². The van der Waals surface area contributed by atoms with Crippen LogP contribution in [-0.2, 0) is 41.9 Å². The van der Waals surface area contributed by atoms with Gasteiger partial charge in [-0.2, -0.15) is 0 Å². The lowest BCUT2D eigenvalue weighted by molar-refractivity contribution is -0.141. The molecule has 2 atom stereocenters. The van der Waals surface area contributed by atoms with Crippen LogP contribution in [-0.4, -0.2) is 40.0 Å². The summed E-state index contributed by atoms with van der Waals surface area (Å²) in [4.78, 5) is 25.1. The van der Waals surface area contributed by atoms with E-state index in [-0.39, 0.29) is 29.3 Å². The Labute approximate surface area is 263 Å². The average Bonchev–Trinajstić information content (AvgIpc) is 3.04. The number of hydrogen-bond acceptors (Lipinski definition) is 7. The van der Waals surface area contributed by atoms with Gasteiger partial charge in [0.1, 0.15) is 12.6 Å². The number of rotatable bonds is 15. The molecule has 0 saturated carbocycles. The third kappa shape index (κ3) is 10.0. The first kappa shape index (κ1) is 33.4. The molecule has 0 radical (unpaired) electrons. The number of nitrogens with one attached hydrogen (secondary N) is 4. The maximum absolute atomic E-state index is 14.6. The number of amides is 1. The van der Waals surface area contributed by atoms with Crippen molar-refractivity contribution >= 4 is 35.3 Å². The normalized spacial score (nSPS) is 13.2. The van der Waals surface area contributed by atoms with Gasteiger partial charge in [-0.1, -0.05) is 90.5 Å². The summed E-state index contributed by atoms with van der Waals surface area (Å²) in [5.74, 6) is -1.32. The van der Waals surface area contributed by atoms with Crippen LogP contribution in [0.5, 0.6) is 5.75 Å². The van der Waals surface area contributed by atoms with Crippen molar-refractivity contribution in [1.82, 2.24) is 15.5 Å². The molecular formula is C32H35N4O7PS. The zero-order chi connectivity index (χ0) is 32.3. The number of carbonyl (C=O) groups is 2. The molecule has 4 rings (SSSR count). The molecule has 0 aliphatic rings. The second kappa shape index (κ2) is 15.5. The van der Waals surface area contributed by atoms with Crippen molar-refractivity contribution < 1.29 is 31.8 Å². The van der Waals surface area contributed by atoms with E-state index < -0.39 is 42.2 Å². The third-order valence-electron chi connectivity index (χ3n) is 6.58. The van der Waals surface area contributed by atoms with Gasteiger partial charge in [0.25, 0.3) is 10.0 Å². The molecular weight excluding hydrogens is 615 g/mol. The first-order valence-corrected chi connectivity index (χ1v) is 17.1. The van der Waals surface area contributed by atoms with Gasteiger partial charge in [-0.05, 0) is 48.7 Å². The highest BCUT2D eigenvalue weighted by atomic mass is 32.2. The zero-order valence-corrected chi connectivity index (χ0v) is 26.5. The van der Waals surface area contributed by atoms with Crippen LogP contribution < -0.4 is 24.7 Å². The Morgan fingerprint density at radius 1 is 0.822 bits per heavy atom. The van der Waals surface area contributed by atoms with Crippen LogP contribution in [0.1, 0.15) is 16.7 Å². The topological polar surface area (TPSA) is 152 Å². The molecule has 4 N–H and O–H groups in total. The van der Waals surface area contributed by atoms with Gasteiger partial charge in [0, 0.05) is 6.54 Å². The summed E-state index contributed by atoms with van der Waals surface area (Å²) in [5, 5.41) is 8.26. The van der Waals surface area contributed by atoms with Crippen molar-refractivity contribution in [1.29, 1.82) is 0 Å². The molecule has 13 heteroatoms. The molecule has 45 heavy (non-hydrogen) atoms. The second-order valence-corrected chi connectivity index (χ2v) is 13.6. The van der Waals surface area contributed by atoms with E-state index in [4.69, 9.17) is 4.52 Å². The van der Waals surface area contributed by atoms with Crippen molar-refractivity contribution in [3.8, 4) is 5.75 Å². The largest absolute Gasteiger partial charge is 0.468 e. The lowest BCUT2D eigenvalue weighted by Gasteiger charge is -2.27. The first-order chi connectivity index (χ1) is 21.6. The Morgan fingerprint density at radius 3 is 2.07 bits per heavy atom. The standard InChI is InChI=1S/C32H35N4O7PS/c1-24-17-19-27(20-18-24)45(40,41)36-28-15-9-10-16-30(28)43-44(39,34-22-26-13-7-4-8-14-26)35-29(21-25-11-5-3-6-12-25)32(38)33-23-31(37)42-2/h3-20,29,36H,21-23H2,1-2H3,(H,33,38)(H2,34,35,39). The van der Waals surface area contributed by atoms with Gasteiger partial charge < -0.3 is 14.6 Å². The smallest absolute Gasteiger partial charge is 0.391 e. The average molecular weight is 651 g/mol. The summed E-state index contributed by atoms with van der Waals surface area (Å²) in [6.07, 6.45) is 0.0932. The van der Waals surface area contributed by atoms with Crippen molar-refractivity contribution in [2.75, 3.05) is 18.4 Å². The predicted molar refractivity (Wildman–Crippen MR) is 172 cm³/mol. The molecule has 0 aliphatic carbocycles. The SMILES string of the molecule is COC(=O)CNC(=O)C(Cc1ccccc1)NP(=O)(NCc1ccccc1)Oc1ccccc1NS(=O)(=O)c1ccc(C)cc1. The fourth-order valence-corrected chi connectivity index (χ4v) is 6.92. The Morgan fingerprint density at radius 2 is 1.42 bits per heavy atom. The summed E-state index contributed by atoms with van der Waals surface area (Å²) >= 11 is 0. The number of esters is 1. The van der Waals surface area contributed by atoms with Crippen LogP contribution in [0.3, 0.4) is 0 Å². The number of carbonyl (C=O) groups excluding carboxylic acids is 2. The minimum Gasteiger partial charge on any atom is -0.468 e. The lowest BCUT2D eigenvalue weighted by atomic mass is 10.1. The van der Waals surface area contributed by atoms with Crippen LogP contribution in [0.25, 0.3) is 0 Å². The number of sulfonamides is 1. The molecule has 236 valence electrons. The molecule has 4 aromatic rings. The Bertz CT molecular complexity index is 1740. The summed E-state index contributed by atoms with van der Waals surface area (Å²) in [6, 6.07) is 29.5. The van der Waals surface area contributed by atoms with Gasteiger partial charge in [-0.15, -0.1) is 0 Å². The van der Waals surface area contributed by atoms with Crippen LogP contribution in [0.2, 0.25) is 0 Å². The van der Waals surface area contributed by atoms with Crippen LogP contribution in [0, 0.1) is 6.92 Å². The second-order valence-electron chi connectivity index (χ2n) is 10.0. The van der Waals surface area contributed by atoms with Gasteiger partial charge in [-0.3, -0.25) is 14.3 Å². The minimum atomic E-state index is -4.19. The number of methoxy groups -OCH3 is 1. The number of anilines is 1. The zero-order valence-electron chi connectivity index (χ0n) is 24.8. The maximum atomic E-state index is 14.6. The van der Waals surface area contributed by atoms with Crippen molar-refractivity contribution in [3.63, 3.8) is 0 Å². The molecule has 1 amide bonds. The number of ether oxygens (including phenoxy) is 1. The van der Waals surface area contributed by atoms with Crippen LogP contribution >= 0.6 is 7.67 Å². The van der Waals surface area contributed by atoms with Crippen LogP contribution in [0.15, 0.2) is 114 Å². The monoisotopic (exact) mass is 650 g/mol. The maximum Gasteiger partial charge on any atom is 0.391 e. The van der Waals surface area contributed by atoms with Gasteiger partial charge in [0.2, 0.25) is 5.91 Å². The number of aryl methyl sites for hydroxylation is 1. The van der Waals surface area contributed by atoms with Gasteiger partial charge in [0.15, 0.2) is 5.75 Å². The Hall–Kier alpha value is -4.48. The molecule has 0 bridgehead atoms. The summed E-state index contributed by atoms with van der Waals surface area (Å²) in [7, 11) is -7.02. The predicted octanol–water partition coefficient (Wildman–Crippen LogP) is 4.56.